The number of aromatic nitrogens is 3. The number of amides is 1. The van der Waals surface area contributed by atoms with Crippen LogP contribution in [0.1, 0.15) is 36.7 Å². The molecule has 3 heterocycles. The summed E-state index contributed by atoms with van der Waals surface area (Å²) in [7, 11) is 1.62. The van der Waals surface area contributed by atoms with E-state index in [1.807, 2.05) is 32.0 Å². The van der Waals surface area contributed by atoms with Crippen molar-refractivity contribution in [3.8, 4) is 5.88 Å². The minimum Gasteiger partial charge on any atom is -0.493 e. The summed E-state index contributed by atoms with van der Waals surface area (Å²) in [5.41, 5.74) is 2.94. The summed E-state index contributed by atoms with van der Waals surface area (Å²) in [6.07, 6.45) is 0.839. The monoisotopic (exact) mass is 441 g/mol. The average molecular weight is 442 g/mol. The fraction of sp³-hybridized carbons (Fsp3) is 0.409. The molecule has 0 saturated carbocycles. The Morgan fingerprint density at radius 3 is 2.81 bits per heavy atom. The fourth-order valence-corrected chi connectivity index (χ4v) is 5.05. The number of carbonyl (C=O) groups is 1. The van der Waals surface area contributed by atoms with E-state index in [1.54, 1.807) is 11.9 Å². The summed E-state index contributed by atoms with van der Waals surface area (Å²) in [6, 6.07) is 7.57. The van der Waals surface area contributed by atoms with Gasteiger partial charge in [0.15, 0.2) is 5.16 Å². The average Bonchev–Trinajstić information content (AvgIpc) is 3.16. The highest BCUT2D eigenvalue weighted by molar-refractivity contribution is 7.99. The SMILES string of the molecule is CCN(CC)C(=O)CSc1nc(O)c(C2NCCc3c2[nH]c2ccccc32)c(=O)n1C. The summed E-state index contributed by atoms with van der Waals surface area (Å²) < 4.78 is 1.41. The van der Waals surface area contributed by atoms with Crippen molar-refractivity contribution in [2.24, 2.45) is 7.05 Å². The minimum absolute atomic E-state index is 0.0236. The van der Waals surface area contributed by atoms with Crippen LogP contribution >= 0.6 is 11.8 Å². The normalized spacial score (nSPS) is 15.8. The van der Waals surface area contributed by atoms with Crippen molar-refractivity contribution in [3.05, 3.63) is 51.4 Å². The zero-order chi connectivity index (χ0) is 22.1. The van der Waals surface area contributed by atoms with E-state index in [1.165, 1.54) is 4.57 Å². The van der Waals surface area contributed by atoms with Crippen molar-refractivity contribution in [2.75, 3.05) is 25.4 Å². The highest BCUT2D eigenvalue weighted by atomic mass is 32.2. The van der Waals surface area contributed by atoms with Crippen LogP contribution in [0.2, 0.25) is 0 Å². The van der Waals surface area contributed by atoms with E-state index in [4.69, 9.17) is 0 Å². The Morgan fingerprint density at radius 2 is 2.06 bits per heavy atom. The van der Waals surface area contributed by atoms with Gasteiger partial charge in [-0.25, -0.2) is 0 Å². The zero-order valence-corrected chi connectivity index (χ0v) is 18.8. The molecule has 1 amide bonds. The predicted molar refractivity (Wildman–Crippen MR) is 122 cm³/mol. The number of carbonyl (C=O) groups excluding carboxylic acids is 1. The molecule has 4 rings (SSSR count). The topological polar surface area (TPSA) is 103 Å². The molecular formula is C22H27N5O3S. The van der Waals surface area contributed by atoms with Crippen molar-refractivity contribution in [1.29, 1.82) is 0 Å². The summed E-state index contributed by atoms with van der Waals surface area (Å²) in [6.45, 7) is 5.81. The maximum atomic E-state index is 13.2. The van der Waals surface area contributed by atoms with Crippen LogP contribution in [0.15, 0.2) is 34.2 Å². The number of hydrogen-bond acceptors (Lipinski definition) is 6. The number of para-hydroxylation sites is 1. The van der Waals surface area contributed by atoms with E-state index in [0.29, 0.717) is 24.8 Å². The summed E-state index contributed by atoms with van der Waals surface area (Å²) in [5, 5.41) is 15.5. The molecule has 31 heavy (non-hydrogen) atoms. The van der Waals surface area contributed by atoms with Crippen molar-refractivity contribution >= 4 is 28.6 Å². The molecule has 0 saturated heterocycles. The molecule has 164 valence electrons. The van der Waals surface area contributed by atoms with Crippen LogP contribution in [0.5, 0.6) is 5.88 Å². The lowest BCUT2D eigenvalue weighted by atomic mass is 9.95. The smallest absolute Gasteiger partial charge is 0.262 e. The fourth-order valence-electron chi connectivity index (χ4n) is 4.19. The lowest BCUT2D eigenvalue weighted by molar-refractivity contribution is -0.127. The van der Waals surface area contributed by atoms with E-state index < -0.39 is 6.04 Å². The number of H-pyrrole nitrogens is 1. The predicted octanol–water partition coefficient (Wildman–Crippen LogP) is 2.16. The van der Waals surface area contributed by atoms with Gasteiger partial charge < -0.3 is 20.3 Å². The molecule has 9 heteroatoms. The number of aromatic hydroxyl groups is 1. The van der Waals surface area contributed by atoms with Crippen molar-refractivity contribution in [1.82, 2.24) is 24.8 Å². The molecule has 0 radical (unpaired) electrons. The molecule has 1 aromatic carbocycles. The van der Waals surface area contributed by atoms with E-state index in [0.717, 1.165) is 40.3 Å². The van der Waals surface area contributed by atoms with Crippen LogP contribution in [-0.4, -0.2) is 55.8 Å². The maximum Gasteiger partial charge on any atom is 0.262 e. The molecule has 0 aliphatic carbocycles. The van der Waals surface area contributed by atoms with Crippen LogP contribution in [0.4, 0.5) is 0 Å². The number of nitrogens with one attached hydrogen (secondary N) is 2. The van der Waals surface area contributed by atoms with Crippen LogP contribution < -0.4 is 10.9 Å². The molecule has 0 bridgehead atoms. The molecule has 0 spiro atoms. The largest absolute Gasteiger partial charge is 0.493 e. The molecule has 3 N–H and O–H groups in total. The van der Waals surface area contributed by atoms with Gasteiger partial charge in [0.25, 0.3) is 5.56 Å². The number of rotatable bonds is 6. The van der Waals surface area contributed by atoms with Gasteiger partial charge in [-0.3, -0.25) is 14.2 Å². The first kappa shape index (κ1) is 21.5. The van der Waals surface area contributed by atoms with Gasteiger partial charge in [0.1, 0.15) is 5.56 Å². The molecule has 1 atom stereocenters. The summed E-state index contributed by atoms with van der Waals surface area (Å²) in [4.78, 5) is 34.9. The quantitative estimate of drug-likeness (QED) is 0.400. The second kappa shape index (κ2) is 8.76. The van der Waals surface area contributed by atoms with E-state index in [2.05, 4.69) is 21.4 Å². The Balaban J connectivity index is 1.68. The third-order valence-corrected chi connectivity index (χ3v) is 6.87. The van der Waals surface area contributed by atoms with Gasteiger partial charge in [-0.1, -0.05) is 30.0 Å². The van der Waals surface area contributed by atoms with Gasteiger partial charge in [-0.15, -0.1) is 0 Å². The highest BCUT2D eigenvalue weighted by Crippen LogP contribution is 2.35. The molecular weight excluding hydrogens is 414 g/mol. The standard InChI is InChI=1S/C22H27N5O3S/c1-4-27(5-2)16(28)12-31-22-25-20(29)17(21(30)26(22)3)19-18-14(10-11-23-19)13-8-6-7-9-15(13)24-18/h6-9,19,23-24,29H,4-5,10-12H2,1-3H3. The second-order valence-corrected chi connectivity index (χ2v) is 8.49. The van der Waals surface area contributed by atoms with Gasteiger partial charge >= 0.3 is 0 Å². The van der Waals surface area contributed by atoms with E-state index in [-0.39, 0.29) is 28.7 Å². The van der Waals surface area contributed by atoms with Gasteiger partial charge in [-0.2, -0.15) is 4.98 Å². The number of aromatic amines is 1. The number of nitrogens with zero attached hydrogens (tertiary/aromatic N) is 3. The van der Waals surface area contributed by atoms with Gasteiger partial charge in [0.05, 0.1) is 11.8 Å². The van der Waals surface area contributed by atoms with Crippen LogP contribution in [-0.2, 0) is 18.3 Å². The first-order valence-electron chi connectivity index (χ1n) is 10.5. The second-order valence-electron chi connectivity index (χ2n) is 7.55. The first-order chi connectivity index (χ1) is 15.0. The number of hydrogen-bond donors (Lipinski definition) is 3. The van der Waals surface area contributed by atoms with Gasteiger partial charge in [-0.05, 0) is 31.9 Å². The zero-order valence-electron chi connectivity index (χ0n) is 17.9. The van der Waals surface area contributed by atoms with E-state index in [9.17, 15) is 14.7 Å². The van der Waals surface area contributed by atoms with Crippen molar-refractivity contribution in [3.63, 3.8) is 0 Å². The summed E-state index contributed by atoms with van der Waals surface area (Å²) >= 11 is 1.16. The maximum absolute atomic E-state index is 13.2. The summed E-state index contributed by atoms with van der Waals surface area (Å²) in [5.74, 6) is -0.163. The molecule has 2 aromatic heterocycles. The Kier molecular flexibility index (Phi) is 6.06. The molecule has 1 unspecified atom stereocenters. The lowest BCUT2D eigenvalue weighted by Crippen LogP contribution is -2.36. The third-order valence-electron chi connectivity index (χ3n) is 5.85. The molecule has 3 aromatic rings. The highest BCUT2D eigenvalue weighted by Gasteiger charge is 2.31. The Labute approximate surface area is 184 Å². The van der Waals surface area contributed by atoms with Crippen LogP contribution in [0.3, 0.4) is 0 Å². The molecule has 1 aliphatic heterocycles. The number of fused-ring (bicyclic) bond motifs is 3. The number of benzene rings is 1. The lowest BCUT2D eigenvalue weighted by Gasteiger charge is -2.25. The molecule has 1 aliphatic rings. The minimum atomic E-state index is -0.473. The Morgan fingerprint density at radius 1 is 1.32 bits per heavy atom. The van der Waals surface area contributed by atoms with Crippen LogP contribution in [0, 0.1) is 0 Å². The Bertz CT molecular complexity index is 1180. The Hall–Kier alpha value is -2.78. The van der Waals surface area contributed by atoms with Crippen molar-refractivity contribution < 1.29 is 9.90 Å². The third kappa shape index (κ3) is 3.83. The van der Waals surface area contributed by atoms with Gasteiger partial charge in [0, 0.05) is 43.3 Å². The molecule has 8 nitrogen and oxygen atoms in total. The van der Waals surface area contributed by atoms with E-state index >= 15 is 0 Å². The molecule has 0 fully saturated rings. The van der Waals surface area contributed by atoms with Gasteiger partial charge in [0.2, 0.25) is 11.8 Å². The number of thioether (sulfide) groups is 1. The van der Waals surface area contributed by atoms with Crippen molar-refractivity contribution in [2.45, 2.75) is 31.5 Å². The van der Waals surface area contributed by atoms with Crippen LogP contribution in [0.25, 0.3) is 10.9 Å². The first-order valence-corrected chi connectivity index (χ1v) is 11.5.